The molecule has 0 aromatic heterocycles. The molecule has 0 saturated heterocycles. The second kappa shape index (κ2) is 5.15. The van der Waals surface area contributed by atoms with Gasteiger partial charge >= 0.3 is 0 Å². The van der Waals surface area contributed by atoms with Gasteiger partial charge in [0.05, 0.1) is 6.04 Å². The van der Waals surface area contributed by atoms with Crippen molar-refractivity contribution < 1.29 is 9.18 Å². The molecule has 1 aromatic carbocycles. The summed E-state index contributed by atoms with van der Waals surface area (Å²) in [5, 5.41) is 2.88. The molecule has 3 nitrogen and oxygen atoms in total. The van der Waals surface area contributed by atoms with Crippen LogP contribution in [0.5, 0.6) is 0 Å². The molecule has 5 heteroatoms. The summed E-state index contributed by atoms with van der Waals surface area (Å²) < 4.78 is 13.2. The first-order valence-corrected chi connectivity index (χ1v) is 7.55. The number of carbonyl (C=O) groups excluding carboxylic acids is 1. The van der Waals surface area contributed by atoms with Crippen molar-refractivity contribution in [2.45, 2.75) is 26.8 Å². The highest BCUT2D eigenvalue weighted by atomic mass is 32.2. The number of ketones is 1. The van der Waals surface area contributed by atoms with Gasteiger partial charge < -0.3 is 4.90 Å². The van der Waals surface area contributed by atoms with E-state index in [1.54, 1.807) is 30.8 Å². The van der Waals surface area contributed by atoms with E-state index in [-0.39, 0.29) is 17.6 Å². The molecular weight excluding hydrogens is 287 g/mol. The average molecular weight is 302 g/mol. The Labute approximate surface area is 127 Å². The highest BCUT2D eigenvalue weighted by Crippen LogP contribution is 2.43. The monoisotopic (exact) mass is 302 g/mol. The maximum absolute atomic E-state index is 13.2. The first-order chi connectivity index (χ1) is 9.99. The lowest BCUT2D eigenvalue weighted by atomic mass is 9.92. The Balaban J connectivity index is 2.17. The number of aliphatic imine (C=N–C) groups is 1. The molecule has 0 saturated carbocycles. The minimum Gasteiger partial charge on any atom is -0.312 e. The maximum atomic E-state index is 13.2. The number of Topliss-reactive ketones (excluding diaryl/α,β-unsaturated/α-hetero) is 1. The summed E-state index contributed by atoms with van der Waals surface area (Å²) in [5.74, 6) is -0.286. The summed E-state index contributed by atoms with van der Waals surface area (Å²) in [5.41, 5.74) is 3.34. The van der Waals surface area contributed by atoms with E-state index in [4.69, 9.17) is 0 Å². The minimum atomic E-state index is -0.281. The summed E-state index contributed by atoms with van der Waals surface area (Å²) >= 11 is 1.55. The lowest BCUT2D eigenvalue weighted by molar-refractivity contribution is -0.114. The second-order valence-corrected chi connectivity index (χ2v) is 5.99. The van der Waals surface area contributed by atoms with E-state index in [0.717, 1.165) is 22.1 Å². The summed E-state index contributed by atoms with van der Waals surface area (Å²) in [6, 6.07) is 6.08. The molecule has 0 radical (unpaired) electrons. The summed E-state index contributed by atoms with van der Waals surface area (Å²) in [7, 11) is 0. The number of hydrogen-bond donors (Lipinski definition) is 0. The van der Waals surface area contributed by atoms with Gasteiger partial charge in [0.25, 0.3) is 0 Å². The van der Waals surface area contributed by atoms with Crippen molar-refractivity contribution in [1.82, 2.24) is 4.90 Å². The SMILES string of the molecule is CC(=O)C1=C(C)N=C2SC=C(C)N2C1c1ccc(F)cc1. The zero-order chi connectivity index (χ0) is 15.1. The van der Waals surface area contributed by atoms with E-state index in [1.165, 1.54) is 12.1 Å². The lowest BCUT2D eigenvalue weighted by Crippen LogP contribution is -2.35. The van der Waals surface area contributed by atoms with Crippen molar-refractivity contribution in [2.75, 3.05) is 0 Å². The van der Waals surface area contributed by atoms with Crippen molar-refractivity contribution in [3.05, 3.63) is 58.0 Å². The number of thioether (sulfide) groups is 1. The van der Waals surface area contributed by atoms with E-state index in [2.05, 4.69) is 4.99 Å². The van der Waals surface area contributed by atoms with E-state index in [9.17, 15) is 9.18 Å². The average Bonchev–Trinajstić information content (AvgIpc) is 2.79. The van der Waals surface area contributed by atoms with Crippen molar-refractivity contribution >= 4 is 22.7 Å². The number of nitrogens with zero attached hydrogens (tertiary/aromatic N) is 2. The van der Waals surface area contributed by atoms with Crippen molar-refractivity contribution in [1.29, 1.82) is 0 Å². The highest BCUT2D eigenvalue weighted by molar-refractivity contribution is 8.16. The molecule has 0 amide bonds. The van der Waals surface area contributed by atoms with Gasteiger partial charge in [0.1, 0.15) is 5.82 Å². The third-order valence-electron chi connectivity index (χ3n) is 3.67. The van der Waals surface area contributed by atoms with Gasteiger partial charge in [-0.1, -0.05) is 23.9 Å². The molecule has 0 spiro atoms. The third-order valence-corrected chi connectivity index (χ3v) is 4.63. The van der Waals surface area contributed by atoms with E-state index in [1.807, 2.05) is 24.2 Å². The van der Waals surface area contributed by atoms with Crippen LogP contribution in [0.25, 0.3) is 0 Å². The van der Waals surface area contributed by atoms with E-state index < -0.39 is 0 Å². The summed E-state index contributed by atoms with van der Waals surface area (Å²) in [6.45, 7) is 5.40. The fourth-order valence-corrected chi connectivity index (χ4v) is 3.68. The number of halogens is 1. The quantitative estimate of drug-likeness (QED) is 0.827. The van der Waals surface area contributed by atoms with Crippen LogP contribution in [0.3, 0.4) is 0 Å². The molecule has 1 aromatic rings. The highest BCUT2D eigenvalue weighted by Gasteiger charge is 2.37. The number of rotatable bonds is 2. The van der Waals surface area contributed by atoms with Crippen LogP contribution in [0.4, 0.5) is 4.39 Å². The smallest absolute Gasteiger partial charge is 0.173 e. The fraction of sp³-hybridized carbons (Fsp3) is 0.250. The number of carbonyl (C=O) groups is 1. The van der Waals surface area contributed by atoms with Crippen LogP contribution in [0, 0.1) is 5.82 Å². The van der Waals surface area contributed by atoms with Gasteiger partial charge in [-0.2, -0.15) is 0 Å². The molecule has 108 valence electrons. The van der Waals surface area contributed by atoms with Crippen LogP contribution in [0.2, 0.25) is 0 Å². The van der Waals surface area contributed by atoms with Gasteiger partial charge in [-0.25, -0.2) is 9.38 Å². The Morgan fingerprint density at radius 3 is 2.57 bits per heavy atom. The molecule has 1 unspecified atom stereocenters. The van der Waals surface area contributed by atoms with Gasteiger partial charge in [-0.05, 0) is 43.9 Å². The Bertz CT molecular complexity index is 703. The van der Waals surface area contributed by atoms with Gasteiger partial charge in [0.2, 0.25) is 0 Å². The fourth-order valence-electron chi connectivity index (χ4n) is 2.74. The van der Waals surface area contributed by atoms with Crippen LogP contribution in [-0.2, 0) is 4.79 Å². The van der Waals surface area contributed by atoms with Gasteiger partial charge in [0, 0.05) is 17.0 Å². The zero-order valence-electron chi connectivity index (χ0n) is 12.1. The number of fused-ring (bicyclic) bond motifs is 1. The molecule has 2 aliphatic rings. The van der Waals surface area contributed by atoms with Crippen LogP contribution in [0.15, 0.2) is 51.6 Å². The molecule has 2 aliphatic heterocycles. The maximum Gasteiger partial charge on any atom is 0.173 e. The largest absolute Gasteiger partial charge is 0.312 e. The molecule has 21 heavy (non-hydrogen) atoms. The normalized spacial score (nSPS) is 21.1. The molecule has 0 fully saturated rings. The topological polar surface area (TPSA) is 32.7 Å². The molecule has 0 aliphatic carbocycles. The standard InChI is InChI=1S/C16H15FN2OS/c1-9-8-21-16-18-10(2)14(11(3)20)15(19(9)16)12-4-6-13(17)7-5-12/h4-8,15H,1-3H3. The van der Waals surface area contributed by atoms with Gasteiger partial charge in [-0.15, -0.1) is 0 Å². The number of hydrogen-bond acceptors (Lipinski definition) is 4. The molecule has 0 N–H and O–H groups in total. The van der Waals surface area contributed by atoms with E-state index >= 15 is 0 Å². The first kappa shape index (κ1) is 14.1. The van der Waals surface area contributed by atoms with Crippen molar-refractivity contribution in [3.63, 3.8) is 0 Å². The first-order valence-electron chi connectivity index (χ1n) is 6.67. The molecule has 3 rings (SSSR count). The Morgan fingerprint density at radius 1 is 1.29 bits per heavy atom. The molecule has 2 heterocycles. The van der Waals surface area contributed by atoms with Crippen LogP contribution in [0.1, 0.15) is 32.4 Å². The van der Waals surface area contributed by atoms with Crippen molar-refractivity contribution in [3.8, 4) is 0 Å². The van der Waals surface area contributed by atoms with Crippen LogP contribution < -0.4 is 0 Å². The Hall–Kier alpha value is -1.88. The third kappa shape index (κ3) is 2.31. The molecule has 0 bridgehead atoms. The van der Waals surface area contributed by atoms with Gasteiger partial charge in [-0.3, -0.25) is 4.79 Å². The predicted octanol–water partition coefficient (Wildman–Crippen LogP) is 4.01. The molecular formula is C16H15FN2OS. The zero-order valence-corrected chi connectivity index (χ0v) is 12.9. The van der Waals surface area contributed by atoms with Crippen LogP contribution in [-0.4, -0.2) is 15.9 Å². The number of benzene rings is 1. The number of amidine groups is 1. The molecule has 1 atom stereocenters. The Morgan fingerprint density at radius 2 is 1.95 bits per heavy atom. The van der Waals surface area contributed by atoms with Gasteiger partial charge in [0.15, 0.2) is 11.0 Å². The summed E-state index contributed by atoms with van der Waals surface area (Å²) in [6.07, 6.45) is 0. The van der Waals surface area contributed by atoms with Crippen LogP contribution >= 0.6 is 11.8 Å². The minimum absolute atomic E-state index is 0.00525. The van der Waals surface area contributed by atoms with Crippen molar-refractivity contribution in [2.24, 2.45) is 4.99 Å². The predicted molar refractivity (Wildman–Crippen MR) is 83.1 cm³/mol. The Kier molecular flexibility index (Phi) is 3.45. The second-order valence-electron chi connectivity index (χ2n) is 5.15. The lowest BCUT2D eigenvalue weighted by Gasteiger charge is -2.35. The summed E-state index contributed by atoms with van der Waals surface area (Å²) in [4.78, 5) is 18.7. The van der Waals surface area contributed by atoms with E-state index in [0.29, 0.717) is 5.57 Å². The number of allylic oxidation sites excluding steroid dienone is 2.